The molecular formula is C21H25F2N3O5S. The molecule has 1 atom stereocenters. The predicted octanol–water partition coefficient (Wildman–Crippen LogP) is 2.48. The van der Waals surface area contributed by atoms with Gasteiger partial charge in [-0.2, -0.15) is 13.9 Å². The van der Waals surface area contributed by atoms with Gasteiger partial charge in [-0.25, -0.2) is 8.42 Å². The number of alkyl halides is 2. The van der Waals surface area contributed by atoms with Crippen LogP contribution in [0.5, 0.6) is 5.75 Å². The number of rotatable bonds is 6. The van der Waals surface area contributed by atoms with Gasteiger partial charge in [0.1, 0.15) is 11.9 Å². The standard InChI is InChI=1S/C21H25F2N3O5S/c1-12(2)26-16-8-17(19(27)24-21(3)10-32(28,29)11-21)30-9-15(16)18(25-26)13-5-4-6-14(7-13)31-20(22)23/h4-7,12,17,20H,8-11H2,1-3H3,(H,24,27)/t17-/m1/s1. The number of aromatic nitrogens is 2. The van der Waals surface area contributed by atoms with E-state index < -0.39 is 28.1 Å². The molecule has 1 aromatic carbocycles. The van der Waals surface area contributed by atoms with Crippen molar-refractivity contribution in [2.24, 2.45) is 0 Å². The Morgan fingerprint density at radius 1 is 1.34 bits per heavy atom. The molecule has 0 saturated carbocycles. The smallest absolute Gasteiger partial charge is 0.387 e. The van der Waals surface area contributed by atoms with Crippen LogP contribution in [-0.4, -0.2) is 53.9 Å². The lowest BCUT2D eigenvalue weighted by molar-refractivity contribution is -0.136. The number of nitrogens with zero attached hydrogens (tertiary/aromatic N) is 2. The maximum Gasteiger partial charge on any atom is 0.387 e. The second-order valence-corrected chi connectivity index (χ2v) is 10.9. The zero-order valence-electron chi connectivity index (χ0n) is 18.0. The third kappa shape index (κ3) is 4.49. The highest BCUT2D eigenvalue weighted by molar-refractivity contribution is 7.93. The van der Waals surface area contributed by atoms with Gasteiger partial charge in [0.05, 0.1) is 29.3 Å². The third-order valence-electron chi connectivity index (χ3n) is 5.54. The molecule has 1 amide bonds. The summed E-state index contributed by atoms with van der Waals surface area (Å²) in [5, 5.41) is 7.48. The van der Waals surface area contributed by atoms with Gasteiger partial charge in [0.2, 0.25) is 5.91 Å². The zero-order valence-corrected chi connectivity index (χ0v) is 18.8. The van der Waals surface area contributed by atoms with Crippen LogP contribution >= 0.6 is 0 Å². The average molecular weight is 470 g/mol. The Hall–Kier alpha value is -2.53. The Labute approximate surface area is 184 Å². The lowest BCUT2D eigenvalue weighted by Gasteiger charge is -2.39. The molecule has 11 heteroatoms. The number of carbonyl (C=O) groups excluding carboxylic acids is 1. The molecule has 32 heavy (non-hydrogen) atoms. The summed E-state index contributed by atoms with van der Waals surface area (Å²) in [7, 11) is -3.10. The first-order chi connectivity index (χ1) is 15.0. The molecule has 1 fully saturated rings. The van der Waals surface area contributed by atoms with Gasteiger partial charge in [-0.3, -0.25) is 9.48 Å². The first-order valence-corrected chi connectivity index (χ1v) is 12.1. The summed E-state index contributed by atoms with van der Waals surface area (Å²) in [6.07, 6.45) is -0.513. The second kappa shape index (κ2) is 8.11. The van der Waals surface area contributed by atoms with Gasteiger partial charge < -0.3 is 14.8 Å². The molecule has 2 aliphatic rings. The SMILES string of the molecule is CC(C)n1nc(-c2cccc(OC(F)F)c2)c2c1C[C@H](C(=O)NC1(C)CS(=O)(=O)C1)OC2. The van der Waals surface area contributed by atoms with Crippen LogP contribution in [0.15, 0.2) is 24.3 Å². The Kier molecular flexibility index (Phi) is 5.74. The first-order valence-electron chi connectivity index (χ1n) is 10.3. The highest BCUT2D eigenvalue weighted by atomic mass is 32.2. The molecule has 2 aliphatic heterocycles. The largest absolute Gasteiger partial charge is 0.435 e. The van der Waals surface area contributed by atoms with Gasteiger partial charge in [-0.05, 0) is 32.9 Å². The van der Waals surface area contributed by atoms with E-state index in [1.54, 1.807) is 19.1 Å². The second-order valence-electron chi connectivity index (χ2n) is 8.80. The molecule has 0 bridgehead atoms. The minimum absolute atomic E-state index is 0.00546. The number of fused-ring (bicyclic) bond motifs is 1. The fourth-order valence-corrected chi connectivity index (χ4v) is 6.32. The molecule has 1 saturated heterocycles. The Morgan fingerprint density at radius 3 is 2.69 bits per heavy atom. The zero-order chi connectivity index (χ0) is 23.3. The molecule has 3 heterocycles. The van der Waals surface area contributed by atoms with Gasteiger partial charge >= 0.3 is 6.61 Å². The highest BCUT2D eigenvalue weighted by Gasteiger charge is 2.47. The number of nitrogens with one attached hydrogen (secondary N) is 1. The van der Waals surface area contributed by atoms with E-state index in [-0.39, 0.29) is 42.2 Å². The number of sulfone groups is 1. The van der Waals surface area contributed by atoms with Gasteiger partial charge in [0.25, 0.3) is 0 Å². The van der Waals surface area contributed by atoms with E-state index in [0.29, 0.717) is 11.3 Å². The van der Waals surface area contributed by atoms with Crippen LogP contribution in [0, 0.1) is 0 Å². The third-order valence-corrected chi connectivity index (χ3v) is 7.70. The van der Waals surface area contributed by atoms with Crippen molar-refractivity contribution < 1.29 is 31.5 Å². The maximum absolute atomic E-state index is 12.8. The van der Waals surface area contributed by atoms with Crippen molar-refractivity contribution in [3.63, 3.8) is 0 Å². The van der Waals surface area contributed by atoms with E-state index in [1.807, 2.05) is 18.5 Å². The van der Waals surface area contributed by atoms with Gasteiger partial charge in [0.15, 0.2) is 9.84 Å². The monoisotopic (exact) mass is 469 g/mol. The van der Waals surface area contributed by atoms with Crippen molar-refractivity contribution in [1.82, 2.24) is 15.1 Å². The number of hydrogen-bond donors (Lipinski definition) is 1. The highest BCUT2D eigenvalue weighted by Crippen LogP contribution is 2.34. The molecule has 4 rings (SSSR count). The van der Waals surface area contributed by atoms with Crippen LogP contribution in [0.3, 0.4) is 0 Å². The van der Waals surface area contributed by atoms with Crippen molar-refractivity contribution in [3.8, 4) is 17.0 Å². The van der Waals surface area contributed by atoms with E-state index in [0.717, 1.165) is 11.3 Å². The van der Waals surface area contributed by atoms with Crippen LogP contribution in [0.1, 0.15) is 38.1 Å². The summed E-state index contributed by atoms with van der Waals surface area (Å²) >= 11 is 0. The fourth-order valence-electron chi connectivity index (χ4n) is 4.32. The molecule has 174 valence electrons. The molecule has 2 aromatic rings. The fraction of sp³-hybridized carbons (Fsp3) is 0.524. The summed E-state index contributed by atoms with van der Waals surface area (Å²) in [5.41, 5.74) is 2.03. The summed E-state index contributed by atoms with van der Waals surface area (Å²) in [6.45, 7) is 2.80. The van der Waals surface area contributed by atoms with Crippen molar-refractivity contribution in [2.75, 3.05) is 11.5 Å². The van der Waals surface area contributed by atoms with Crippen LogP contribution in [0.2, 0.25) is 0 Å². The number of benzene rings is 1. The minimum Gasteiger partial charge on any atom is -0.435 e. The summed E-state index contributed by atoms with van der Waals surface area (Å²) in [6, 6.07) is 6.30. The number of amides is 1. The van der Waals surface area contributed by atoms with Crippen molar-refractivity contribution in [1.29, 1.82) is 0 Å². The molecule has 8 nitrogen and oxygen atoms in total. The minimum atomic E-state index is -3.10. The van der Waals surface area contributed by atoms with E-state index in [4.69, 9.17) is 4.74 Å². The van der Waals surface area contributed by atoms with Crippen molar-refractivity contribution >= 4 is 15.7 Å². The molecule has 0 radical (unpaired) electrons. The predicted molar refractivity (Wildman–Crippen MR) is 112 cm³/mol. The normalized spacial score (nSPS) is 21.2. The van der Waals surface area contributed by atoms with E-state index in [1.165, 1.54) is 12.1 Å². The van der Waals surface area contributed by atoms with Crippen LogP contribution in [0.25, 0.3) is 11.3 Å². The summed E-state index contributed by atoms with van der Waals surface area (Å²) < 4.78 is 60.4. The molecule has 0 spiro atoms. The molecular weight excluding hydrogens is 444 g/mol. The number of carbonyl (C=O) groups is 1. The lowest BCUT2D eigenvalue weighted by Crippen LogP contribution is -2.65. The van der Waals surface area contributed by atoms with E-state index >= 15 is 0 Å². The van der Waals surface area contributed by atoms with Crippen molar-refractivity contribution in [3.05, 3.63) is 35.5 Å². The first kappa shape index (κ1) is 22.7. The number of halogens is 2. The van der Waals surface area contributed by atoms with Crippen LogP contribution in [0.4, 0.5) is 8.78 Å². The number of hydrogen-bond acceptors (Lipinski definition) is 6. The topological polar surface area (TPSA) is 99.5 Å². The van der Waals surface area contributed by atoms with E-state index in [9.17, 15) is 22.0 Å². The van der Waals surface area contributed by atoms with E-state index in [2.05, 4.69) is 15.2 Å². The Balaban J connectivity index is 1.59. The van der Waals surface area contributed by atoms with Gasteiger partial charge in [-0.15, -0.1) is 0 Å². The van der Waals surface area contributed by atoms with Gasteiger partial charge in [0, 0.05) is 29.3 Å². The quantitative estimate of drug-likeness (QED) is 0.698. The van der Waals surface area contributed by atoms with Gasteiger partial charge in [-0.1, -0.05) is 12.1 Å². The lowest BCUT2D eigenvalue weighted by atomic mass is 9.99. The van der Waals surface area contributed by atoms with Crippen molar-refractivity contribution in [2.45, 2.75) is 58.1 Å². The Morgan fingerprint density at radius 2 is 2.06 bits per heavy atom. The number of ether oxygens (including phenoxy) is 2. The molecule has 1 aromatic heterocycles. The molecule has 0 unspecified atom stereocenters. The Bertz CT molecular complexity index is 1130. The summed E-state index contributed by atoms with van der Waals surface area (Å²) in [5.74, 6) is -0.509. The maximum atomic E-state index is 12.8. The summed E-state index contributed by atoms with van der Waals surface area (Å²) in [4.78, 5) is 12.8. The molecule has 1 N–H and O–H groups in total. The van der Waals surface area contributed by atoms with Crippen LogP contribution < -0.4 is 10.1 Å². The van der Waals surface area contributed by atoms with Crippen LogP contribution in [-0.2, 0) is 32.4 Å². The average Bonchev–Trinajstić information content (AvgIpc) is 3.05. The molecule has 0 aliphatic carbocycles.